The lowest BCUT2D eigenvalue weighted by Crippen LogP contribution is -2.22. The van der Waals surface area contributed by atoms with E-state index in [0.717, 1.165) is 4.90 Å². The lowest BCUT2D eigenvalue weighted by Gasteiger charge is -2.12. The molecule has 1 heterocycles. The first-order chi connectivity index (χ1) is 11.0. The quantitative estimate of drug-likeness (QED) is 0.631. The molecule has 3 N–H and O–H groups in total. The van der Waals surface area contributed by atoms with Crippen molar-refractivity contribution in [2.24, 2.45) is 0 Å². The highest BCUT2D eigenvalue weighted by atomic mass is 35.5. The van der Waals surface area contributed by atoms with Gasteiger partial charge in [-0.15, -0.1) is 11.8 Å². The van der Waals surface area contributed by atoms with Gasteiger partial charge >= 0.3 is 5.69 Å². The van der Waals surface area contributed by atoms with Gasteiger partial charge in [0.1, 0.15) is 0 Å². The molecule has 0 aliphatic rings. The van der Waals surface area contributed by atoms with E-state index in [0.29, 0.717) is 21.7 Å². The van der Waals surface area contributed by atoms with Crippen LogP contribution in [0, 0.1) is 0 Å². The Morgan fingerprint density at radius 3 is 2.74 bits per heavy atom. The van der Waals surface area contributed by atoms with Crippen LogP contribution in [0.1, 0.15) is 6.92 Å². The second-order valence-corrected chi connectivity index (χ2v) is 6.90. The highest BCUT2D eigenvalue weighted by Crippen LogP contribution is 2.26. The van der Waals surface area contributed by atoms with Crippen LogP contribution in [0.3, 0.4) is 0 Å². The predicted molar refractivity (Wildman–Crippen MR) is 94.3 cm³/mol. The third-order valence-electron chi connectivity index (χ3n) is 3.26. The van der Waals surface area contributed by atoms with Gasteiger partial charge in [0.2, 0.25) is 5.91 Å². The molecular weight excluding hydrogens is 334 g/mol. The number of hydrogen-bond acceptors (Lipinski definition) is 3. The fourth-order valence-corrected chi connectivity index (χ4v) is 3.33. The Kier molecular flexibility index (Phi) is 4.45. The number of aromatic nitrogens is 2. The molecule has 0 saturated carbocycles. The van der Waals surface area contributed by atoms with Crippen molar-refractivity contribution in [3.63, 3.8) is 0 Å². The van der Waals surface area contributed by atoms with E-state index in [9.17, 15) is 9.59 Å². The molecule has 0 bridgehead atoms. The number of carbonyl (C=O) groups excluding carboxylic acids is 1. The Hall–Kier alpha value is -2.18. The SMILES string of the molecule is CC(Sc1cccc(Cl)c1)C(=O)Nc1ccc2[nH]c(=O)[nH]c2c1. The monoisotopic (exact) mass is 347 g/mol. The molecule has 2 aromatic carbocycles. The standard InChI is InChI=1S/C16H14ClN3O2S/c1-9(23-12-4-2-3-10(17)7-12)15(21)18-11-5-6-13-14(8-11)20-16(22)19-13/h2-9H,1H3,(H,18,21)(H2,19,20,22). The topological polar surface area (TPSA) is 77.8 Å². The van der Waals surface area contributed by atoms with E-state index in [1.165, 1.54) is 11.8 Å². The van der Waals surface area contributed by atoms with Crippen LogP contribution >= 0.6 is 23.4 Å². The van der Waals surface area contributed by atoms with Crippen molar-refractivity contribution in [3.05, 3.63) is 58.0 Å². The summed E-state index contributed by atoms with van der Waals surface area (Å²) in [6, 6.07) is 12.6. The number of benzene rings is 2. The molecule has 0 spiro atoms. The average Bonchev–Trinajstić information content (AvgIpc) is 2.86. The number of thioether (sulfide) groups is 1. The largest absolute Gasteiger partial charge is 0.325 e. The summed E-state index contributed by atoms with van der Waals surface area (Å²) < 4.78 is 0. The normalized spacial score (nSPS) is 12.3. The molecule has 1 atom stereocenters. The van der Waals surface area contributed by atoms with Crippen LogP contribution in [0.4, 0.5) is 5.69 Å². The molecule has 1 unspecified atom stereocenters. The van der Waals surface area contributed by atoms with Gasteiger partial charge < -0.3 is 15.3 Å². The number of H-pyrrole nitrogens is 2. The zero-order valence-corrected chi connectivity index (χ0v) is 13.8. The number of hydrogen-bond donors (Lipinski definition) is 3. The summed E-state index contributed by atoms with van der Waals surface area (Å²) in [6.07, 6.45) is 0. The van der Waals surface area contributed by atoms with Crippen molar-refractivity contribution in [2.45, 2.75) is 17.1 Å². The Morgan fingerprint density at radius 1 is 1.17 bits per heavy atom. The fourth-order valence-electron chi connectivity index (χ4n) is 2.15. The number of amides is 1. The van der Waals surface area contributed by atoms with Crippen molar-refractivity contribution < 1.29 is 4.79 Å². The number of rotatable bonds is 4. The average molecular weight is 348 g/mol. The Bertz CT molecular complexity index is 919. The molecule has 1 aromatic heterocycles. The molecule has 3 aromatic rings. The van der Waals surface area contributed by atoms with Crippen LogP contribution in [-0.4, -0.2) is 21.1 Å². The summed E-state index contributed by atoms with van der Waals surface area (Å²) in [5.41, 5.74) is 1.72. The number of carbonyl (C=O) groups is 1. The highest BCUT2D eigenvalue weighted by Gasteiger charge is 2.15. The molecule has 118 valence electrons. The number of fused-ring (bicyclic) bond motifs is 1. The molecule has 7 heteroatoms. The first-order valence-electron chi connectivity index (χ1n) is 6.96. The summed E-state index contributed by atoms with van der Waals surface area (Å²) in [7, 11) is 0. The van der Waals surface area contributed by atoms with E-state index < -0.39 is 0 Å². The van der Waals surface area contributed by atoms with Gasteiger partial charge in [-0.05, 0) is 43.3 Å². The molecule has 1 amide bonds. The van der Waals surface area contributed by atoms with E-state index >= 15 is 0 Å². The summed E-state index contributed by atoms with van der Waals surface area (Å²) in [5, 5.41) is 3.21. The zero-order chi connectivity index (χ0) is 16.4. The second kappa shape index (κ2) is 6.52. The van der Waals surface area contributed by atoms with Gasteiger partial charge in [-0.2, -0.15) is 0 Å². The summed E-state index contributed by atoms with van der Waals surface area (Å²) in [6.45, 7) is 1.83. The van der Waals surface area contributed by atoms with Gasteiger partial charge in [0.25, 0.3) is 0 Å². The number of anilines is 1. The highest BCUT2D eigenvalue weighted by molar-refractivity contribution is 8.00. The number of imidazole rings is 1. The van der Waals surface area contributed by atoms with Gasteiger partial charge in [0.15, 0.2) is 0 Å². The van der Waals surface area contributed by atoms with Gasteiger partial charge in [-0.1, -0.05) is 17.7 Å². The molecule has 0 radical (unpaired) electrons. The molecule has 0 fully saturated rings. The molecule has 3 rings (SSSR count). The molecule has 23 heavy (non-hydrogen) atoms. The van der Waals surface area contributed by atoms with Gasteiger partial charge in [-0.3, -0.25) is 4.79 Å². The minimum absolute atomic E-state index is 0.118. The van der Waals surface area contributed by atoms with Gasteiger partial charge in [-0.25, -0.2) is 4.79 Å². The number of nitrogens with one attached hydrogen (secondary N) is 3. The molecular formula is C16H14ClN3O2S. The fraction of sp³-hybridized carbons (Fsp3) is 0.125. The first kappa shape index (κ1) is 15.7. The third-order valence-corrected chi connectivity index (χ3v) is 4.59. The predicted octanol–water partition coefficient (Wildman–Crippen LogP) is 3.63. The van der Waals surface area contributed by atoms with Crippen LogP contribution in [0.15, 0.2) is 52.2 Å². The molecule has 0 aliphatic carbocycles. The van der Waals surface area contributed by atoms with E-state index in [1.807, 2.05) is 25.1 Å². The van der Waals surface area contributed by atoms with Crippen LogP contribution in [0.5, 0.6) is 0 Å². The van der Waals surface area contributed by atoms with Crippen LogP contribution < -0.4 is 11.0 Å². The summed E-state index contributed by atoms with van der Waals surface area (Å²) in [5.74, 6) is -0.118. The van der Waals surface area contributed by atoms with Crippen LogP contribution in [-0.2, 0) is 4.79 Å². The third kappa shape index (κ3) is 3.78. The van der Waals surface area contributed by atoms with E-state index in [1.54, 1.807) is 24.3 Å². The van der Waals surface area contributed by atoms with Crippen molar-refractivity contribution in [1.82, 2.24) is 9.97 Å². The van der Waals surface area contributed by atoms with E-state index in [-0.39, 0.29) is 16.8 Å². The van der Waals surface area contributed by atoms with Crippen molar-refractivity contribution >= 4 is 46.0 Å². The minimum Gasteiger partial charge on any atom is -0.325 e. The summed E-state index contributed by atoms with van der Waals surface area (Å²) >= 11 is 7.38. The Labute approximate surface area is 141 Å². The van der Waals surface area contributed by atoms with Crippen molar-refractivity contribution in [3.8, 4) is 0 Å². The van der Waals surface area contributed by atoms with Crippen molar-refractivity contribution in [1.29, 1.82) is 0 Å². The molecule has 0 saturated heterocycles. The minimum atomic E-state index is -0.283. The molecule has 0 aliphatic heterocycles. The van der Waals surface area contributed by atoms with Gasteiger partial charge in [0, 0.05) is 15.6 Å². The maximum absolute atomic E-state index is 12.3. The Balaban J connectivity index is 1.70. The lowest BCUT2D eigenvalue weighted by molar-refractivity contribution is -0.115. The smallest absolute Gasteiger partial charge is 0.323 e. The lowest BCUT2D eigenvalue weighted by atomic mass is 10.2. The van der Waals surface area contributed by atoms with Gasteiger partial charge in [0.05, 0.1) is 16.3 Å². The number of aromatic amines is 2. The maximum Gasteiger partial charge on any atom is 0.323 e. The van der Waals surface area contributed by atoms with Crippen molar-refractivity contribution in [2.75, 3.05) is 5.32 Å². The van der Waals surface area contributed by atoms with Crippen LogP contribution in [0.25, 0.3) is 11.0 Å². The first-order valence-corrected chi connectivity index (χ1v) is 8.22. The van der Waals surface area contributed by atoms with Crippen LogP contribution in [0.2, 0.25) is 5.02 Å². The second-order valence-electron chi connectivity index (χ2n) is 5.05. The Morgan fingerprint density at radius 2 is 1.96 bits per heavy atom. The maximum atomic E-state index is 12.3. The zero-order valence-electron chi connectivity index (χ0n) is 12.2. The number of halogens is 1. The van der Waals surface area contributed by atoms with E-state index in [2.05, 4.69) is 15.3 Å². The summed E-state index contributed by atoms with van der Waals surface area (Å²) in [4.78, 5) is 29.8. The molecule has 5 nitrogen and oxygen atoms in total. The van der Waals surface area contributed by atoms with E-state index in [4.69, 9.17) is 11.6 Å².